The highest BCUT2D eigenvalue weighted by Crippen LogP contribution is 2.31. The second kappa shape index (κ2) is 7.94. The summed E-state index contributed by atoms with van der Waals surface area (Å²) >= 11 is 0. The maximum absolute atomic E-state index is 12.7. The quantitative estimate of drug-likeness (QED) is 0.645. The fraction of sp³-hybridized carbons (Fsp3) is 0.632. The number of carbonyl (C=O) groups is 2. The lowest BCUT2D eigenvalue weighted by Crippen LogP contribution is -2.49. The summed E-state index contributed by atoms with van der Waals surface area (Å²) in [6.45, 7) is 3.57. The van der Waals surface area contributed by atoms with Gasteiger partial charge in [0.25, 0.3) is 5.91 Å². The molecular formula is C19H25N5O5. The number of aromatic nitrogens is 3. The zero-order valence-electron chi connectivity index (χ0n) is 16.9. The summed E-state index contributed by atoms with van der Waals surface area (Å²) in [5.41, 5.74) is 0.961. The molecule has 4 rings (SSSR count). The third-order valence-electron chi connectivity index (χ3n) is 5.45. The minimum absolute atomic E-state index is 0.00454. The molecule has 2 aliphatic rings. The fourth-order valence-corrected chi connectivity index (χ4v) is 3.38. The van der Waals surface area contributed by atoms with E-state index in [0.29, 0.717) is 49.1 Å². The van der Waals surface area contributed by atoms with Gasteiger partial charge in [-0.1, -0.05) is 10.3 Å². The zero-order valence-corrected chi connectivity index (χ0v) is 16.9. The number of methoxy groups -OCH3 is 1. The number of hydrogen-bond acceptors (Lipinski definition) is 8. The standard InChI is InChI=1S/C19H25N5O5/c1-11-14(10-27-3)16(22-28-11)19(26)24-8-13(9-24)17-20-15(21-29-17)6-7-23(2)18(25)12-4-5-12/h12-13H,4-10H2,1-3H3. The molecule has 2 aromatic rings. The number of likely N-dealkylation sites (N-methyl/N-ethyl adjacent to an activating group) is 1. The van der Waals surface area contributed by atoms with E-state index in [0.717, 1.165) is 12.8 Å². The Bertz CT molecular complexity index is 897. The number of carbonyl (C=O) groups excluding carboxylic acids is 2. The van der Waals surface area contributed by atoms with Gasteiger partial charge >= 0.3 is 0 Å². The van der Waals surface area contributed by atoms with E-state index in [1.54, 1.807) is 30.9 Å². The summed E-state index contributed by atoms with van der Waals surface area (Å²) in [7, 11) is 3.37. The van der Waals surface area contributed by atoms with Crippen LogP contribution in [0.5, 0.6) is 0 Å². The third-order valence-corrected chi connectivity index (χ3v) is 5.45. The minimum Gasteiger partial charge on any atom is -0.380 e. The minimum atomic E-state index is -0.190. The van der Waals surface area contributed by atoms with Crippen LogP contribution in [0.15, 0.2) is 9.05 Å². The van der Waals surface area contributed by atoms with E-state index in [4.69, 9.17) is 13.8 Å². The normalized spacial score (nSPS) is 16.7. The van der Waals surface area contributed by atoms with Gasteiger partial charge in [-0.05, 0) is 19.8 Å². The van der Waals surface area contributed by atoms with Crippen molar-refractivity contribution < 1.29 is 23.4 Å². The highest BCUT2D eigenvalue weighted by Gasteiger charge is 2.38. The summed E-state index contributed by atoms with van der Waals surface area (Å²) in [5.74, 6) is 1.90. The van der Waals surface area contributed by atoms with Crippen LogP contribution in [0.25, 0.3) is 0 Å². The Morgan fingerprint density at radius 2 is 2.00 bits per heavy atom. The first kappa shape index (κ1) is 19.6. The molecule has 1 aliphatic heterocycles. The summed E-state index contributed by atoms with van der Waals surface area (Å²) in [6.07, 6.45) is 2.53. The fourth-order valence-electron chi connectivity index (χ4n) is 3.38. The van der Waals surface area contributed by atoms with E-state index < -0.39 is 0 Å². The molecule has 10 nitrogen and oxygen atoms in total. The van der Waals surface area contributed by atoms with Crippen LogP contribution in [0.3, 0.4) is 0 Å². The maximum atomic E-state index is 12.7. The maximum Gasteiger partial charge on any atom is 0.276 e. The Hall–Kier alpha value is -2.75. The van der Waals surface area contributed by atoms with Crippen molar-refractivity contribution >= 4 is 11.8 Å². The summed E-state index contributed by atoms with van der Waals surface area (Å²) in [4.78, 5) is 32.5. The number of amides is 2. The van der Waals surface area contributed by atoms with Gasteiger partial charge < -0.3 is 23.6 Å². The van der Waals surface area contributed by atoms with Crippen molar-refractivity contribution in [2.75, 3.05) is 33.8 Å². The van der Waals surface area contributed by atoms with Crippen LogP contribution in [-0.4, -0.2) is 70.7 Å². The first-order chi connectivity index (χ1) is 14.0. The molecule has 1 saturated heterocycles. The van der Waals surface area contributed by atoms with Crippen LogP contribution in [-0.2, 0) is 22.6 Å². The van der Waals surface area contributed by atoms with Gasteiger partial charge in [0, 0.05) is 46.1 Å². The van der Waals surface area contributed by atoms with Gasteiger partial charge in [-0.25, -0.2) is 0 Å². The average molecular weight is 403 g/mol. The number of rotatable bonds is 8. The van der Waals surface area contributed by atoms with Crippen LogP contribution in [0.4, 0.5) is 0 Å². The topological polar surface area (TPSA) is 115 Å². The molecule has 156 valence electrons. The molecular weight excluding hydrogens is 378 g/mol. The van der Waals surface area contributed by atoms with Crippen LogP contribution in [0.1, 0.15) is 52.3 Å². The van der Waals surface area contributed by atoms with Gasteiger partial charge in [-0.15, -0.1) is 0 Å². The molecule has 1 aliphatic carbocycles. The second-order valence-corrected chi connectivity index (χ2v) is 7.74. The molecule has 29 heavy (non-hydrogen) atoms. The molecule has 2 fully saturated rings. The molecule has 0 spiro atoms. The first-order valence-electron chi connectivity index (χ1n) is 9.78. The Morgan fingerprint density at radius 3 is 2.69 bits per heavy atom. The average Bonchev–Trinajstić information content (AvgIpc) is 3.32. The summed E-state index contributed by atoms with van der Waals surface area (Å²) in [5, 5.41) is 7.89. The van der Waals surface area contributed by atoms with Crippen LogP contribution >= 0.6 is 0 Å². The Morgan fingerprint density at radius 1 is 1.24 bits per heavy atom. The third kappa shape index (κ3) is 4.02. The van der Waals surface area contributed by atoms with E-state index in [1.165, 1.54) is 0 Å². The molecule has 0 radical (unpaired) electrons. The van der Waals surface area contributed by atoms with Crippen molar-refractivity contribution in [2.24, 2.45) is 5.92 Å². The Labute approximate surface area is 168 Å². The van der Waals surface area contributed by atoms with Crippen molar-refractivity contribution in [3.8, 4) is 0 Å². The Balaban J connectivity index is 1.29. The molecule has 3 heterocycles. The molecule has 2 aromatic heterocycles. The van der Waals surface area contributed by atoms with Crippen molar-refractivity contribution in [1.29, 1.82) is 0 Å². The van der Waals surface area contributed by atoms with Crippen LogP contribution < -0.4 is 0 Å². The predicted octanol–water partition coefficient (Wildman–Crippen LogP) is 1.16. The van der Waals surface area contributed by atoms with Crippen LogP contribution in [0, 0.1) is 12.8 Å². The van der Waals surface area contributed by atoms with E-state index in [-0.39, 0.29) is 36.0 Å². The van der Waals surface area contributed by atoms with Gasteiger partial charge in [0.1, 0.15) is 5.76 Å². The molecule has 1 saturated carbocycles. The lowest BCUT2D eigenvalue weighted by Gasteiger charge is -2.36. The molecule has 10 heteroatoms. The van der Waals surface area contributed by atoms with Gasteiger partial charge in [0.05, 0.1) is 18.1 Å². The van der Waals surface area contributed by atoms with Gasteiger partial charge in [-0.2, -0.15) is 4.98 Å². The molecule has 2 amide bonds. The van der Waals surface area contributed by atoms with Crippen molar-refractivity contribution in [3.05, 3.63) is 28.7 Å². The Kier molecular flexibility index (Phi) is 5.35. The molecule has 0 aromatic carbocycles. The molecule has 0 unspecified atom stereocenters. The van der Waals surface area contributed by atoms with Gasteiger partial charge in [0.15, 0.2) is 11.5 Å². The van der Waals surface area contributed by atoms with Gasteiger partial charge in [-0.3, -0.25) is 9.59 Å². The highest BCUT2D eigenvalue weighted by molar-refractivity contribution is 5.94. The highest BCUT2D eigenvalue weighted by atomic mass is 16.5. The number of aryl methyl sites for hydroxylation is 1. The largest absolute Gasteiger partial charge is 0.380 e. The summed E-state index contributed by atoms with van der Waals surface area (Å²) in [6, 6.07) is 0. The SMILES string of the molecule is COCc1c(C(=O)N2CC(c3nc(CCN(C)C(=O)C4CC4)no3)C2)noc1C. The number of hydrogen-bond donors (Lipinski definition) is 0. The second-order valence-electron chi connectivity index (χ2n) is 7.74. The molecule has 0 N–H and O–H groups in total. The molecule has 0 atom stereocenters. The lowest BCUT2D eigenvalue weighted by molar-refractivity contribution is -0.131. The number of likely N-dealkylation sites (tertiary alicyclic amines) is 1. The van der Waals surface area contributed by atoms with E-state index in [1.807, 2.05) is 0 Å². The predicted molar refractivity (Wildman–Crippen MR) is 99.0 cm³/mol. The van der Waals surface area contributed by atoms with Gasteiger partial charge in [0.2, 0.25) is 11.8 Å². The molecule has 0 bridgehead atoms. The lowest BCUT2D eigenvalue weighted by atomic mass is 9.99. The van der Waals surface area contributed by atoms with E-state index >= 15 is 0 Å². The first-order valence-corrected chi connectivity index (χ1v) is 9.78. The van der Waals surface area contributed by atoms with Crippen molar-refractivity contribution in [3.63, 3.8) is 0 Å². The summed E-state index contributed by atoms with van der Waals surface area (Å²) < 4.78 is 15.6. The monoisotopic (exact) mass is 403 g/mol. The number of nitrogens with zero attached hydrogens (tertiary/aromatic N) is 5. The number of ether oxygens (including phenoxy) is 1. The zero-order chi connectivity index (χ0) is 20.5. The van der Waals surface area contributed by atoms with Crippen molar-refractivity contribution in [2.45, 2.75) is 38.7 Å². The van der Waals surface area contributed by atoms with Crippen molar-refractivity contribution in [1.82, 2.24) is 25.1 Å². The smallest absolute Gasteiger partial charge is 0.276 e. The van der Waals surface area contributed by atoms with E-state index in [2.05, 4.69) is 15.3 Å². The van der Waals surface area contributed by atoms with Crippen LogP contribution in [0.2, 0.25) is 0 Å². The van der Waals surface area contributed by atoms with E-state index in [9.17, 15) is 9.59 Å².